The fourth-order valence-corrected chi connectivity index (χ4v) is 1.89. The average molecular weight is 335 g/mol. The molecule has 132 valence electrons. The molecule has 0 aliphatic rings. The predicted molar refractivity (Wildman–Crippen MR) is 93.0 cm³/mol. The van der Waals surface area contributed by atoms with E-state index in [0.29, 0.717) is 12.1 Å². The van der Waals surface area contributed by atoms with Crippen molar-refractivity contribution in [2.24, 2.45) is 11.1 Å². The second-order valence-corrected chi connectivity index (χ2v) is 6.69. The van der Waals surface area contributed by atoms with Crippen molar-refractivity contribution in [1.29, 1.82) is 0 Å². The Hall–Kier alpha value is -2.41. The lowest BCUT2D eigenvalue weighted by molar-refractivity contribution is -0.123. The third-order valence-electron chi connectivity index (χ3n) is 3.32. The second kappa shape index (κ2) is 7.92. The van der Waals surface area contributed by atoms with E-state index >= 15 is 0 Å². The molecule has 0 spiro atoms. The van der Waals surface area contributed by atoms with Gasteiger partial charge in [-0.05, 0) is 24.6 Å². The summed E-state index contributed by atoms with van der Waals surface area (Å²) in [6, 6.07) is 3.50. The number of aromatic carboxylic acids is 1. The molecule has 24 heavy (non-hydrogen) atoms. The number of nitrogens with two attached hydrogens (primary N) is 1. The molecule has 5 N–H and O–H groups in total. The summed E-state index contributed by atoms with van der Waals surface area (Å²) in [5.74, 6) is -1.81. The maximum atomic E-state index is 12.1. The Balaban J connectivity index is 3.06. The molecular weight excluding hydrogens is 310 g/mol. The summed E-state index contributed by atoms with van der Waals surface area (Å²) >= 11 is 0. The molecule has 1 unspecified atom stereocenters. The van der Waals surface area contributed by atoms with Crippen LogP contribution in [0, 0.1) is 5.41 Å². The number of hydrogen-bond acceptors (Lipinski definition) is 4. The van der Waals surface area contributed by atoms with E-state index in [0.717, 1.165) is 6.42 Å². The molecule has 0 heterocycles. The van der Waals surface area contributed by atoms with Crippen molar-refractivity contribution in [3.63, 3.8) is 0 Å². The van der Waals surface area contributed by atoms with E-state index < -0.39 is 23.3 Å². The molecule has 1 atom stereocenters. The van der Waals surface area contributed by atoms with Crippen LogP contribution in [0.15, 0.2) is 18.2 Å². The molecule has 0 saturated carbocycles. The first-order valence-electron chi connectivity index (χ1n) is 7.81. The Labute approximate surface area is 141 Å². The van der Waals surface area contributed by atoms with Crippen LogP contribution in [0.5, 0.6) is 0 Å². The first-order chi connectivity index (χ1) is 11.0. The number of carbonyl (C=O) groups is 3. The van der Waals surface area contributed by atoms with Crippen molar-refractivity contribution in [3.8, 4) is 0 Å². The van der Waals surface area contributed by atoms with Crippen LogP contribution in [0.1, 0.15) is 50.9 Å². The van der Waals surface area contributed by atoms with Gasteiger partial charge in [-0.1, -0.05) is 34.1 Å². The van der Waals surface area contributed by atoms with Gasteiger partial charge in [0, 0.05) is 16.8 Å². The van der Waals surface area contributed by atoms with Crippen LogP contribution < -0.4 is 16.4 Å². The lowest BCUT2D eigenvalue weighted by Crippen LogP contribution is -2.35. The molecule has 1 aromatic carbocycles. The van der Waals surface area contributed by atoms with Gasteiger partial charge in [0.1, 0.15) is 0 Å². The molecule has 0 aromatic heterocycles. The predicted octanol–water partition coefficient (Wildman–Crippen LogP) is 2.44. The van der Waals surface area contributed by atoms with Crippen LogP contribution in [-0.4, -0.2) is 28.9 Å². The van der Waals surface area contributed by atoms with E-state index in [1.54, 1.807) is 20.8 Å². The number of carboxylic acids is 1. The van der Waals surface area contributed by atoms with Gasteiger partial charge in [-0.15, -0.1) is 0 Å². The van der Waals surface area contributed by atoms with Crippen molar-refractivity contribution in [2.75, 3.05) is 10.6 Å². The molecular formula is C17H25N3O4. The van der Waals surface area contributed by atoms with Crippen molar-refractivity contribution in [1.82, 2.24) is 0 Å². The largest absolute Gasteiger partial charge is 0.478 e. The molecule has 1 aromatic rings. The maximum Gasteiger partial charge on any atom is 0.335 e. The first kappa shape index (κ1) is 19.6. The number of benzene rings is 1. The Kier molecular flexibility index (Phi) is 6.48. The minimum absolute atomic E-state index is 0.0407. The first-order valence-corrected chi connectivity index (χ1v) is 7.81. The molecule has 0 radical (unpaired) electrons. The average Bonchev–Trinajstić information content (AvgIpc) is 2.46. The third kappa shape index (κ3) is 5.66. The highest BCUT2D eigenvalue weighted by Gasteiger charge is 2.22. The van der Waals surface area contributed by atoms with E-state index in [1.807, 2.05) is 6.92 Å². The van der Waals surface area contributed by atoms with Gasteiger partial charge in [-0.3, -0.25) is 9.59 Å². The van der Waals surface area contributed by atoms with Gasteiger partial charge < -0.3 is 21.5 Å². The van der Waals surface area contributed by atoms with Crippen LogP contribution in [-0.2, 0) is 9.59 Å². The highest BCUT2D eigenvalue weighted by atomic mass is 16.4. The summed E-state index contributed by atoms with van der Waals surface area (Å²) in [5.41, 5.74) is 5.65. The van der Waals surface area contributed by atoms with Gasteiger partial charge in [0.25, 0.3) is 0 Å². The van der Waals surface area contributed by atoms with Crippen LogP contribution in [0.25, 0.3) is 0 Å². The summed E-state index contributed by atoms with van der Waals surface area (Å²) < 4.78 is 0. The highest BCUT2D eigenvalue weighted by molar-refractivity contribution is 6.00. The minimum atomic E-state index is -1.16. The zero-order chi connectivity index (χ0) is 18.5. The highest BCUT2D eigenvalue weighted by Crippen LogP contribution is 2.22. The van der Waals surface area contributed by atoms with E-state index in [-0.39, 0.29) is 17.2 Å². The number of rotatable bonds is 6. The van der Waals surface area contributed by atoms with E-state index in [9.17, 15) is 19.5 Å². The molecule has 0 fully saturated rings. The molecule has 7 heteroatoms. The number of hydrogen-bond donors (Lipinski definition) is 4. The zero-order valence-electron chi connectivity index (χ0n) is 14.5. The van der Waals surface area contributed by atoms with Crippen LogP contribution >= 0.6 is 0 Å². The molecule has 0 aliphatic heterocycles. The molecule has 7 nitrogen and oxygen atoms in total. The van der Waals surface area contributed by atoms with E-state index in [4.69, 9.17) is 5.73 Å². The number of anilines is 2. The summed E-state index contributed by atoms with van der Waals surface area (Å²) in [6.45, 7) is 7.15. The summed E-state index contributed by atoms with van der Waals surface area (Å²) in [6.07, 6.45) is 1.29. The minimum Gasteiger partial charge on any atom is -0.478 e. The molecule has 0 saturated heterocycles. The molecule has 2 amide bonds. The Bertz CT molecular complexity index is 635. The summed E-state index contributed by atoms with van der Waals surface area (Å²) in [7, 11) is 0. The Morgan fingerprint density at radius 1 is 1.12 bits per heavy atom. The summed E-state index contributed by atoms with van der Waals surface area (Å²) in [4.78, 5) is 35.3. The smallest absolute Gasteiger partial charge is 0.335 e. The standard InChI is InChI=1S/C17H25N3O4/c1-5-6-13(18)14(21)19-11-7-10(15(22)23)8-12(9-11)20-16(24)17(2,3)4/h7-9,13H,5-6,18H2,1-4H3,(H,19,21)(H,20,24)(H,22,23). The van der Waals surface area contributed by atoms with E-state index in [2.05, 4.69) is 10.6 Å². The Morgan fingerprint density at radius 3 is 2.12 bits per heavy atom. The second-order valence-electron chi connectivity index (χ2n) is 6.69. The van der Waals surface area contributed by atoms with Gasteiger partial charge in [0.15, 0.2) is 0 Å². The van der Waals surface area contributed by atoms with Crippen molar-refractivity contribution in [2.45, 2.75) is 46.6 Å². The number of carboxylic acid groups (broad SMARTS) is 1. The molecule has 1 rings (SSSR count). The van der Waals surface area contributed by atoms with Gasteiger partial charge in [-0.2, -0.15) is 0 Å². The quantitative estimate of drug-likeness (QED) is 0.636. The third-order valence-corrected chi connectivity index (χ3v) is 3.32. The topological polar surface area (TPSA) is 122 Å². The van der Waals surface area contributed by atoms with Gasteiger partial charge in [0.05, 0.1) is 11.6 Å². The SMILES string of the molecule is CCCC(N)C(=O)Nc1cc(NC(=O)C(C)(C)C)cc(C(=O)O)c1. The van der Waals surface area contributed by atoms with Crippen molar-refractivity contribution in [3.05, 3.63) is 23.8 Å². The molecule has 0 bridgehead atoms. The van der Waals surface area contributed by atoms with Gasteiger partial charge in [-0.25, -0.2) is 4.79 Å². The number of carbonyl (C=O) groups excluding carboxylic acids is 2. The van der Waals surface area contributed by atoms with Crippen LogP contribution in [0.3, 0.4) is 0 Å². The Morgan fingerprint density at radius 2 is 1.67 bits per heavy atom. The van der Waals surface area contributed by atoms with Gasteiger partial charge >= 0.3 is 5.97 Å². The van der Waals surface area contributed by atoms with Crippen molar-refractivity contribution >= 4 is 29.2 Å². The lowest BCUT2D eigenvalue weighted by Gasteiger charge is -2.19. The monoisotopic (exact) mass is 335 g/mol. The zero-order valence-corrected chi connectivity index (χ0v) is 14.5. The van der Waals surface area contributed by atoms with Gasteiger partial charge in [0.2, 0.25) is 11.8 Å². The maximum absolute atomic E-state index is 12.1. The van der Waals surface area contributed by atoms with Crippen LogP contribution in [0.2, 0.25) is 0 Å². The number of amides is 2. The lowest BCUT2D eigenvalue weighted by atomic mass is 9.95. The number of nitrogens with one attached hydrogen (secondary N) is 2. The summed E-state index contributed by atoms with van der Waals surface area (Å²) in [5, 5.41) is 14.5. The van der Waals surface area contributed by atoms with E-state index in [1.165, 1.54) is 18.2 Å². The fourth-order valence-electron chi connectivity index (χ4n) is 1.89. The van der Waals surface area contributed by atoms with Crippen LogP contribution in [0.4, 0.5) is 11.4 Å². The molecule has 0 aliphatic carbocycles. The normalized spacial score (nSPS) is 12.4. The fraction of sp³-hybridized carbons (Fsp3) is 0.471. The van der Waals surface area contributed by atoms with Crippen molar-refractivity contribution < 1.29 is 19.5 Å².